The fraction of sp³-hybridized carbons (Fsp3) is 0.571. The summed E-state index contributed by atoms with van der Waals surface area (Å²) in [4.78, 5) is 1.53. The molecule has 2 aliphatic rings. The topological polar surface area (TPSA) is 12.0 Å². The van der Waals surface area contributed by atoms with E-state index in [0.29, 0.717) is 6.04 Å². The van der Waals surface area contributed by atoms with Gasteiger partial charge in [0.25, 0.3) is 0 Å². The fourth-order valence-electron chi connectivity index (χ4n) is 2.51. The largest absolute Gasteiger partial charge is 0.307 e. The Morgan fingerprint density at radius 1 is 1.31 bits per heavy atom. The second-order valence-electron chi connectivity index (χ2n) is 5.15. The average Bonchev–Trinajstić information content (AvgIpc) is 3.03. The second-order valence-corrected chi connectivity index (χ2v) is 6.60. The van der Waals surface area contributed by atoms with Gasteiger partial charge in [-0.25, -0.2) is 0 Å². The van der Waals surface area contributed by atoms with Crippen molar-refractivity contribution >= 4 is 11.8 Å². The summed E-state index contributed by atoms with van der Waals surface area (Å²) in [5, 5.41) is 4.53. The molecule has 1 aromatic carbocycles. The number of benzene rings is 1. The molecule has 1 saturated carbocycles. The molecule has 2 unspecified atom stereocenters. The lowest BCUT2D eigenvalue weighted by molar-refractivity contribution is 0.482. The van der Waals surface area contributed by atoms with Gasteiger partial charge in [-0.3, -0.25) is 0 Å². The van der Waals surface area contributed by atoms with Gasteiger partial charge in [-0.05, 0) is 37.3 Å². The second kappa shape index (κ2) is 4.08. The summed E-state index contributed by atoms with van der Waals surface area (Å²) in [6.45, 7) is 4.58. The van der Waals surface area contributed by atoms with Gasteiger partial charge in [0.1, 0.15) is 0 Å². The highest BCUT2D eigenvalue weighted by Crippen LogP contribution is 2.43. The van der Waals surface area contributed by atoms with Gasteiger partial charge in [0.05, 0.1) is 0 Å². The summed E-state index contributed by atoms with van der Waals surface area (Å²) < 4.78 is 0. The van der Waals surface area contributed by atoms with Crippen molar-refractivity contribution in [3.63, 3.8) is 0 Å². The van der Waals surface area contributed by atoms with Crippen molar-refractivity contribution < 1.29 is 0 Å². The van der Waals surface area contributed by atoms with Crippen LogP contribution in [0.15, 0.2) is 23.1 Å². The van der Waals surface area contributed by atoms with E-state index < -0.39 is 0 Å². The number of hydrogen-bond acceptors (Lipinski definition) is 2. The molecule has 1 heterocycles. The molecule has 16 heavy (non-hydrogen) atoms. The van der Waals surface area contributed by atoms with E-state index in [-0.39, 0.29) is 0 Å². The Kier molecular flexibility index (Phi) is 2.72. The molecule has 2 heteroatoms. The van der Waals surface area contributed by atoms with Crippen molar-refractivity contribution in [3.05, 3.63) is 29.3 Å². The zero-order chi connectivity index (χ0) is 11.1. The van der Waals surface area contributed by atoms with Crippen molar-refractivity contribution in [2.45, 2.75) is 55.3 Å². The van der Waals surface area contributed by atoms with E-state index in [4.69, 9.17) is 0 Å². The average molecular weight is 233 g/mol. The SMILES string of the molecule is Cc1cccc2c1SC(C)CC2NC1CC1. The van der Waals surface area contributed by atoms with Crippen LogP contribution in [0.4, 0.5) is 0 Å². The Balaban J connectivity index is 1.93. The Hall–Kier alpha value is -0.470. The maximum absolute atomic E-state index is 3.79. The molecule has 86 valence electrons. The Morgan fingerprint density at radius 2 is 2.12 bits per heavy atom. The molecule has 0 bridgehead atoms. The first kappa shape index (κ1) is 10.7. The standard InChI is InChI=1S/C14H19NS/c1-9-4-3-5-12-13(15-11-6-7-11)8-10(2)16-14(9)12/h3-5,10-11,13,15H,6-8H2,1-2H3. The lowest BCUT2D eigenvalue weighted by atomic mass is 9.99. The van der Waals surface area contributed by atoms with Crippen molar-refractivity contribution in [2.24, 2.45) is 0 Å². The van der Waals surface area contributed by atoms with Gasteiger partial charge in [0, 0.05) is 22.2 Å². The van der Waals surface area contributed by atoms with Crippen molar-refractivity contribution in [1.29, 1.82) is 0 Å². The smallest absolute Gasteiger partial charge is 0.0344 e. The van der Waals surface area contributed by atoms with Gasteiger partial charge in [-0.1, -0.05) is 25.1 Å². The van der Waals surface area contributed by atoms with Crippen LogP contribution in [0.2, 0.25) is 0 Å². The first-order chi connectivity index (χ1) is 7.74. The molecule has 0 radical (unpaired) electrons. The lowest BCUT2D eigenvalue weighted by Crippen LogP contribution is -2.28. The molecule has 3 rings (SSSR count). The fourth-order valence-corrected chi connectivity index (χ4v) is 3.80. The van der Waals surface area contributed by atoms with Crippen LogP contribution in [0.25, 0.3) is 0 Å². The maximum atomic E-state index is 3.79. The molecule has 0 spiro atoms. The summed E-state index contributed by atoms with van der Waals surface area (Å²) in [6, 6.07) is 8.14. The normalized spacial score (nSPS) is 28.9. The van der Waals surface area contributed by atoms with Crippen LogP contribution in [-0.4, -0.2) is 11.3 Å². The molecule has 0 aromatic heterocycles. The predicted molar refractivity (Wildman–Crippen MR) is 70.0 cm³/mol. The van der Waals surface area contributed by atoms with Crippen LogP contribution in [0.1, 0.15) is 43.4 Å². The third-order valence-electron chi connectivity index (χ3n) is 3.52. The van der Waals surface area contributed by atoms with E-state index in [9.17, 15) is 0 Å². The van der Waals surface area contributed by atoms with Gasteiger partial charge in [0.2, 0.25) is 0 Å². The predicted octanol–water partition coefficient (Wildman–Crippen LogP) is 3.67. The Bertz CT molecular complexity index is 398. The van der Waals surface area contributed by atoms with Gasteiger partial charge >= 0.3 is 0 Å². The third kappa shape index (κ3) is 2.01. The van der Waals surface area contributed by atoms with Crippen LogP contribution in [0, 0.1) is 6.92 Å². The molecule has 0 saturated heterocycles. The molecule has 1 nitrogen and oxygen atoms in total. The highest BCUT2D eigenvalue weighted by atomic mass is 32.2. The minimum atomic E-state index is 0.596. The number of nitrogens with one attached hydrogen (secondary N) is 1. The number of rotatable bonds is 2. The van der Waals surface area contributed by atoms with Gasteiger partial charge in [0.15, 0.2) is 0 Å². The minimum absolute atomic E-state index is 0.596. The summed E-state index contributed by atoms with van der Waals surface area (Å²) >= 11 is 2.05. The first-order valence-corrected chi connectivity index (χ1v) is 7.14. The molecule has 2 atom stereocenters. The zero-order valence-electron chi connectivity index (χ0n) is 9.99. The van der Waals surface area contributed by atoms with Crippen molar-refractivity contribution in [2.75, 3.05) is 0 Å². The number of thioether (sulfide) groups is 1. The maximum Gasteiger partial charge on any atom is 0.0344 e. The van der Waals surface area contributed by atoms with Crippen molar-refractivity contribution in [3.8, 4) is 0 Å². The Labute approximate surface area is 102 Å². The van der Waals surface area contributed by atoms with E-state index in [2.05, 4.69) is 37.4 Å². The van der Waals surface area contributed by atoms with Crippen LogP contribution in [-0.2, 0) is 0 Å². The van der Waals surface area contributed by atoms with E-state index in [1.54, 1.807) is 0 Å². The first-order valence-electron chi connectivity index (χ1n) is 6.26. The minimum Gasteiger partial charge on any atom is -0.307 e. The van der Waals surface area contributed by atoms with Crippen LogP contribution in [0.3, 0.4) is 0 Å². The van der Waals surface area contributed by atoms with E-state index in [0.717, 1.165) is 11.3 Å². The van der Waals surface area contributed by atoms with E-state index >= 15 is 0 Å². The molecule has 1 fully saturated rings. The molecule has 0 amide bonds. The molecule has 1 aliphatic carbocycles. The number of aryl methyl sites for hydroxylation is 1. The summed E-state index contributed by atoms with van der Waals surface area (Å²) in [5.41, 5.74) is 2.98. The van der Waals surface area contributed by atoms with Gasteiger partial charge in [-0.15, -0.1) is 11.8 Å². The molecule has 1 aromatic rings. The highest BCUT2D eigenvalue weighted by Gasteiger charge is 2.31. The van der Waals surface area contributed by atoms with Crippen LogP contribution >= 0.6 is 11.8 Å². The summed E-state index contributed by atoms with van der Waals surface area (Å²) in [7, 11) is 0. The third-order valence-corrected chi connectivity index (χ3v) is 4.91. The van der Waals surface area contributed by atoms with Crippen LogP contribution in [0.5, 0.6) is 0 Å². The zero-order valence-corrected chi connectivity index (χ0v) is 10.8. The Morgan fingerprint density at radius 3 is 2.88 bits per heavy atom. The number of fused-ring (bicyclic) bond motifs is 1. The van der Waals surface area contributed by atoms with Gasteiger partial charge < -0.3 is 5.32 Å². The van der Waals surface area contributed by atoms with E-state index in [1.807, 2.05) is 11.8 Å². The summed E-state index contributed by atoms with van der Waals surface area (Å²) in [6.07, 6.45) is 4.02. The number of hydrogen-bond donors (Lipinski definition) is 1. The monoisotopic (exact) mass is 233 g/mol. The molecular weight excluding hydrogens is 214 g/mol. The molecule has 1 aliphatic heterocycles. The van der Waals surface area contributed by atoms with E-state index in [1.165, 1.54) is 35.3 Å². The molecular formula is C14H19NS. The van der Waals surface area contributed by atoms with Gasteiger partial charge in [-0.2, -0.15) is 0 Å². The highest BCUT2D eigenvalue weighted by molar-refractivity contribution is 8.00. The van der Waals surface area contributed by atoms with Crippen LogP contribution < -0.4 is 5.32 Å². The lowest BCUT2D eigenvalue weighted by Gasteiger charge is -2.31. The van der Waals surface area contributed by atoms with Crippen molar-refractivity contribution in [1.82, 2.24) is 5.32 Å². The molecule has 1 N–H and O–H groups in total. The summed E-state index contributed by atoms with van der Waals surface area (Å²) in [5.74, 6) is 0. The quantitative estimate of drug-likeness (QED) is 0.836.